The molecule has 3 aromatic rings. The van der Waals surface area contributed by atoms with Crippen LogP contribution >= 0.6 is 27.5 Å². The minimum Gasteiger partial charge on any atom is -0.493 e. The van der Waals surface area contributed by atoms with Crippen molar-refractivity contribution in [2.45, 2.75) is 0 Å². The van der Waals surface area contributed by atoms with Crippen LogP contribution in [-0.4, -0.2) is 31.8 Å². The molecule has 0 saturated carbocycles. The molecule has 0 aliphatic heterocycles. The first-order valence-electron chi connectivity index (χ1n) is 9.30. The first-order valence-corrected chi connectivity index (χ1v) is 10.5. The fourth-order valence-corrected chi connectivity index (χ4v) is 2.87. The summed E-state index contributed by atoms with van der Waals surface area (Å²) in [5.74, 6) is 0.197. The summed E-state index contributed by atoms with van der Waals surface area (Å²) in [7, 11) is 1.46. The van der Waals surface area contributed by atoms with Crippen molar-refractivity contribution in [1.82, 2.24) is 5.43 Å². The molecule has 0 atom stereocenters. The maximum atomic E-state index is 12.3. The molecule has 0 spiro atoms. The quantitative estimate of drug-likeness (QED) is 0.200. The number of hydrogen-bond donors (Lipinski definition) is 1. The van der Waals surface area contributed by atoms with E-state index in [1.165, 1.54) is 13.3 Å². The molecule has 1 amide bonds. The molecule has 9 heteroatoms. The van der Waals surface area contributed by atoms with Gasteiger partial charge in [-0.1, -0.05) is 27.5 Å². The summed E-state index contributed by atoms with van der Waals surface area (Å²) in [6, 6.07) is 18.3. The fourth-order valence-electron chi connectivity index (χ4n) is 2.48. The largest absolute Gasteiger partial charge is 0.493 e. The zero-order valence-electron chi connectivity index (χ0n) is 16.9. The lowest BCUT2D eigenvalue weighted by molar-refractivity contribution is -0.123. The Bertz CT molecular complexity index is 1120. The van der Waals surface area contributed by atoms with Crippen molar-refractivity contribution in [2.75, 3.05) is 13.7 Å². The third-order valence-electron chi connectivity index (χ3n) is 4.06. The van der Waals surface area contributed by atoms with E-state index in [1.54, 1.807) is 54.6 Å². The van der Waals surface area contributed by atoms with Gasteiger partial charge >= 0.3 is 5.97 Å². The van der Waals surface area contributed by atoms with Crippen LogP contribution in [0, 0.1) is 0 Å². The molecule has 32 heavy (non-hydrogen) atoms. The molecule has 0 aliphatic rings. The van der Waals surface area contributed by atoms with Crippen LogP contribution in [0.15, 0.2) is 76.3 Å². The number of hydrazone groups is 1. The van der Waals surface area contributed by atoms with E-state index < -0.39 is 11.9 Å². The molecule has 0 aromatic heterocycles. The fraction of sp³-hybridized carbons (Fsp3) is 0.0870. The van der Waals surface area contributed by atoms with Gasteiger partial charge in [-0.15, -0.1) is 0 Å². The lowest BCUT2D eigenvalue weighted by Gasteiger charge is -2.10. The average molecular weight is 518 g/mol. The number of amides is 1. The average Bonchev–Trinajstić information content (AvgIpc) is 2.80. The van der Waals surface area contributed by atoms with Gasteiger partial charge in [-0.3, -0.25) is 4.79 Å². The number of nitrogens with zero attached hydrogens (tertiary/aromatic N) is 1. The summed E-state index contributed by atoms with van der Waals surface area (Å²) in [4.78, 5) is 24.2. The minimum atomic E-state index is -0.542. The maximum Gasteiger partial charge on any atom is 0.343 e. The number of hydrogen-bond acceptors (Lipinski definition) is 6. The lowest BCUT2D eigenvalue weighted by Crippen LogP contribution is -2.24. The molecule has 0 heterocycles. The van der Waals surface area contributed by atoms with Crippen molar-refractivity contribution in [2.24, 2.45) is 5.10 Å². The number of carbonyl (C=O) groups excluding carboxylic acids is 2. The van der Waals surface area contributed by atoms with Gasteiger partial charge in [0.25, 0.3) is 5.91 Å². The monoisotopic (exact) mass is 516 g/mol. The molecule has 3 rings (SSSR count). The number of ether oxygens (including phenoxy) is 3. The van der Waals surface area contributed by atoms with E-state index in [0.717, 1.165) is 4.47 Å². The van der Waals surface area contributed by atoms with Gasteiger partial charge in [0, 0.05) is 9.50 Å². The summed E-state index contributed by atoms with van der Waals surface area (Å²) in [6.45, 7) is -0.179. The minimum absolute atomic E-state index is 0.179. The Labute approximate surface area is 198 Å². The zero-order valence-corrected chi connectivity index (χ0v) is 19.2. The molecular formula is C23H18BrClN2O5. The molecule has 0 aliphatic carbocycles. The van der Waals surface area contributed by atoms with Gasteiger partial charge in [0.2, 0.25) is 0 Å². The molecule has 164 valence electrons. The standard InChI is InChI=1S/C23H18BrClN2O5/c1-30-21-12-15(2-11-20(21)32-23(29)16-3-7-18(25)8-4-16)13-26-27-22(28)14-31-19-9-5-17(24)6-10-19/h2-13H,14H2,1H3,(H,27,28). The van der Waals surface area contributed by atoms with E-state index in [-0.39, 0.29) is 12.4 Å². The molecule has 0 saturated heterocycles. The predicted molar refractivity (Wildman–Crippen MR) is 125 cm³/mol. The van der Waals surface area contributed by atoms with Crippen LogP contribution < -0.4 is 19.6 Å². The van der Waals surface area contributed by atoms with Gasteiger partial charge in [-0.05, 0) is 72.3 Å². The Morgan fingerprint density at radius 2 is 1.75 bits per heavy atom. The highest BCUT2D eigenvalue weighted by Crippen LogP contribution is 2.28. The Morgan fingerprint density at radius 1 is 1.03 bits per heavy atom. The number of nitrogens with one attached hydrogen (secondary N) is 1. The second-order valence-electron chi connectivity index (χ2n) is 6.34. The van der Waals surface area contributed by atoms with E-state index in [9.17, 15) is 9.59 Å². The SMILES string of the molecule is COc1cc(C=NNC(=O)COc2ccc(Br)cc2)ccc1OC(=O)c1ccc(Cl)cc1. The van der Waals surface area contributed by atoms with Crippen LogP contribution in [0.1, 0.15) is 15.9 Å². The van der Waals surface area contributed by atoms with Crippen molar-refractivity contribution < 1.29 is 23.8 Å². The highest BCUT2D eigenvalue weighted by molar-refractivity contribution is 9.10. The highest BCUT2D eigenvalue weighted by Gasteiger charge is 2.13. The van der Waals surface area contributed by atoms with Crippen molar-refractivity contribution in [1.29, 1.82) is 0 Å². The summed E-state index contributed by atoms with van der Waals surface area (Å²) in [5, 5.41) is 4.42. The molecule has 0 radical (unpaired) electrons. The Hall–Kier alpha value is -3.36. The zero-order chi connectivity index (χ0) is 22.9. The molecule has 7 nitrogen and oxygen atoms in total. The second kappa shape index (κ2) is 11.3. The molecule has 3 aromatic carbocycles. The summed E-state index contributed by atoms with van der Waals surface area (Å²) < 4.78 is 17.0. The number of carbonyl (C=O) groups is 2. The van der Waals surface area contributed by atoms with Crippen LogP contribution in [0.2, 0.25) is 5.02 Å². The van der Waals surface area contributed by atoms with E-state index >= 15 is 0 Å². The number of benzene rings is 3. The summed E-state index contributed by atoms with van der Waals surface area (Å²) in [6.07, 6.45) is 1.44. The third kappa shape index (κ3) is 6.83. The number of methoxy groups -OCH3 is 1. The van der Waals surface area contributed by atoms with Crippen molar-refractivity contribution in [3.63, 3.8) is 0 Å². The molecule has 1 N–H and O–H groups in total. The van der Waals surface area contributed by atoms with Gasteiger partial charge in [0.05, 0.1) is 18.9 Å². The molecular weight excluding hydrogens is 500 g/mol. The van der Waals surface area contributed by atoms with E-state index in [1.807, 2.05) is 12.1 Å². The first-order chi connectivity index (χ1) is 15.4. The van der Waals surface area contributed by atoms with Crippen molar-refractivity contribution in [3.05, 3.63) is 87.4 Å². The van der Waals surface area contributed by atoms with Gasteiger partial charge in [-0.2, -0.15) is 5.10 Å². The van der Waals surface area contributed by atoms with Crippen LogP contribution in [0.4, 0.5) is 0 Å². The molecule has 0 bridgehead atoms. The predicted octanol–water partition coefficient (Wildman–Crippen LogP) is 4.86. The Morgan fingerprint density at radius 3 is 2.44 bits per heavy atom. The van der Waals surface area contributed by atoms with Crippen molar-refractivity contribution in [3.8, 4) is 17.2 Å². The van der Waals surface area contributed by atoms with Gasteiger partial charge in [0.1, 0.15) is 5.75 Å². The molecule has 0 fully saturated rings. The smallest absolute Gasteiger partial charge is 0.343 e. The van der Waals surface area contributed by atoms with Crippen LogP contribution in [0.25, 0.3) is 0 Å². The molecule has 0 unspecified atom stereocenters. The Kier molecular flexibility index (Phi) is 8.24. The maximum absolute atomic E-state index is 12.3. The number of esters is 1. The van der Waals surface area contributed by atoms with Crippen LogP contribution in [-0.2, 0) is 4.79 Å². The van der Waals surface area contributed by atoms with Crippen LogP contribution in [0.3, 0.4) is 0 Å². The topological polar surface area (TPSA) is 86.2 Å². The van der Waals surface area contributed by atoms with Gasteiger partial charge < -0.3 is 14.2 Å². The second-order valence-corrected chi connectivity index (χ2v) is 7.69. The van der Waals surface area contributed by atoms with E-state index in [2.05, 4.69) is 26.5 Å². The summed E-state index contributed by atoms with van der Waals surface area (Å²) in [5.41, 5.74) is 3.37. The number of halogens is 2. The number of rotatable bonds is 8. The summed E-state index contributed by atoms with van der Waals surface area (Å²) >= 11 is 9.16. The van der Waals surface area contributed by atoms with Crippen LogP contribution in [0.5, 0.6) is 17.2 Å². The highest BCUT2D eigenvalue weighted by atomic mass is 79.9. The van der Waals surface area contributed by atoms with Gasteiger partial charge in [-0.25, -0.2) is 10.2 Å². The van der Waals surface area contributed by atoms with E-state index in [0.29, 0.717) is 27.6 Å². The van der Waals surface area contributed by atoms with E-state index in [4.69, 9.17) is 25.8 Å². The third-order valence-corrected chi connectivity index (χ3v) is 4.84. The van der Waals surface area contributed by atoms with Gasteiger partial charge in [0.15, 0.2) is 18.1 Å². The Balaban J connectivity index is 1.55. The normalized spacial score (nSPS) is 10.6. The van der Waals surface area contributed by atoms with Crippen molar-refractivity contribution >= 4 is 45.6 Å². The lowest BCUT2D eigenvalue weighted by atomic mass is 10.2. The first kappa shape index (κ1) is 23.3.